The molecule has 2 heterocycles. The molecule has 1 aliphatic rings. The van der Waals surface area contributed by atoms with Gasteiger partial charge in [0.05, 0.1) is 22.1 Å². The van der Waals surface area contributed by atoms with Crippen molar-refractivity contribution < 1.29 is 18.1 Å². The first kappa shape index (κ1) is 16.1. The largest absolute Gasteiger partial charge is 0.347 e. The fraction of sp³-hybridized carbons (Fsp3) is 0.286. The molecule has 1 unspecified atom stereocenters. The summed E-state index contributed by atoms with van der Waals surface area (Å²) in [7, 11) is -3.08. The van der Waals surface area contributed by atoms with Crippen LogP contribution in [0.5, 0.6) is 0 Å². The number of sulfone groups is 1. The second-order valence-corrected chi connectivity index (χ2v) is 7.72. The van der Waals surface area contributed by atoms with Gasteiger partial charge < -0.3 is 5.32 Å². The van der Waals surface area contributed by atoms with Crippen molar-refractivity contribution in [2.24, 2.45) is 0 Å². The molecular formula is C14H14N4O5S. The molecule has 0 saturated carbocycles. The molecule has 10 heteroatoms. The van der Waals surface area contributed by atoms with E-state index in [1.165, 1.54) is 35.1 Å². The van der Waals surface area contributed by atoms with E-state index in [4.69, 9.17) is 0 Å². The van der Waals surface area contributed by atoms with Gasteiger partial charge in [0.1, 0.15) is 0 Å². The molecule has 1 N–H and O–H groups in total. The van der Waals surface area contributed by atoms with Gasteiger partial charge in [0.15, 0.2) is 15.5 Å². The molecule has 24 heavy (non-hydrogen) atoms. The molecule has 126 valence electrons. The van der Waals surface area contributed by atoms with Gasteiger partial charge in [-0.25, -0.2) is 13.1 Å². The van der Waals surface area contributed by atoms with Crippen molar-refractivity contribution in [1.29, 1.82) is 0 Å². The first-order valence-electron chi connectivity index (χ1n) is 7.16. The fourth-order valence-electron chi connectivity index (χ4n) is 2.51. The van der Waals surface area contributed by atoms with Crippen LogP contribution in [-0.4, -0.2) is 46.6 Å². The molecule has 1 atom stereocenters. The van der Waals surface area contributed by atoms with E-state index in [0.717, 1.165) is 0 Å². The first-order valence-corrected chi connectivity index (χ1v) is 8.98. The summed E-state index contributed by atoms with van der Waals surface area (Å²) in [6, 6.07) is 6.92. The van der Waals surface area contributed by atoms with Gasteiger partial charge in [-0.15, -0.1) is 0 Å². The maximum atomic E-state index is 12.1. The number of amides is 1. The number of hydrogen-bond acceptors (Lipinski definition) is 6. The molecule has 1 aliphatic heterocycles. The van der Waals surface area contributed by atoms with Crippen molar-refractivity contribution in [1.82, 2.24) is 15.1 Å². The molecule has 0 spiro atoms. The van der Waals surface area contributed by atoms with Crippen LogP contribution in [0.3, 0.4) is 0 Å². The van der Waals surface area contributed by atoms with Crippen LogP contribution in [0, 0.1) is 10.1 Å². The maximum absolute atomic E-state index is 12.1. The predicted octanol–water partition coefficient (Wildman–Crippen LogP) is 0.697. The van der Waals surface area contributed by atoms with Crippen molar-refractivity contribution in [2.75, 3.05) is 11.5 Å². The van der Waals surface area contributed by atoms with Crippen LogP contribution in [-0.2, 0) is 9.84 Å². The predicted molar refractivity (Wildman–Crippen MR) is 84.7 cm³/mol. The Kier molecular flexibility index (Phi) is 4.06. The third kappa shape index (κ3) is 3.43. The zero-order valence-electron chi connectivity index (χ0n) is 12.5. The molecule has 1 amide bonds. The second kappa shape index (κ2) is 6.04. The van der Waals surface area contributed by atoms with E-state index in [0.29, 0.717) is 12.1 Å². The Balaban J connectivity index is 1.74. The lowest BCUT2D eigenvalue weighted by molar-refractivity contribution is -0.384. The summed E-state index contributed by atoms with van der Waals surface area (Å²) in [5.41, 5.74) is 0.489. The highest BCUT2D eigenvalue weighted by atomic mass is 32.2. The average molecular weight is 350 g/mol. The van der Waals surface area contributed by atoms with Gasteiger partial charge in [-0.2, -0.15) is 5.10 Å². The number of benzene rings is 1. The van der Waals surface area contributed by atoms with Gasteiger partial charge in [0.25, 0.3) is 11.6 Å². The molecule has 2 aromatic rings. The Morgan fingerprint density at radius 3 is 2.83 bits per heavy atom. The lowest BCUT2D eigenvalue weighted by atomic mass is 10.2. The number of rotatable bonds is 4. The number of nitrogens with one attached hydrogen (secondary N) is 1. The Bertz CT molecular complexity index is 905. The van der Waals surface area contributed by atoms with E-state index in [9.17, 15) is 23.3 Å². The molecule has 0 aliphatic carbocycles. The number of non-ortho nitro benzene ring substituents is 1. The Morgan fingerprint density at radius 1 is 1.38 bits per heavy atom. The van der Waals surface area contributed by atoms with E-state index >= 15 is 0 Å². The minimum absolute atomic E-state index is 0.0652. The molecule has 1 aromatic carbocycles. The Labute approximate surface area is 137 Å². The quantitative estimate of drug-likeness (QED) is 0.639. The van der Waals surface area contributed by atoms with Gasteiger partial charge in [-0.05, 0) is 18.6 Å². The summed E-state index contributed by atoms with van der Waals surface area (Å²) in [5, 5.41) is 17.5. The van der Waals surface area contributed by atoms with Crippen LogP contribution in [0.25, 0.3) is 5.69 Å². The normalized spacial score (nSPS) is 19.1. The van der Waals surface area contributed by atoms with Gasteiger partial charge in [-0.3, -0.25) is 14.9 Å². The van der Waals surface area contributed by atoms with Crippen molar-refractivity contribution in [3.63, 3.8) is 0 Å². The van der Waals surface area contributed by atoms with E-state index in [1.54, 1.807) is 6.07 Å². The highest BCUT2D eigenvalue weighted by Gasteiger charge is 2.29. The van der Waals surface area contributed by atoms with Crippen LogP contribution in [0.15, 0.2) is 36.5 Å². The summed E-state index contributed by atoms with van der Waals surface area (Å²) in [6.07, 6.45) is 1.90. The number of aromatic nitrogens is 2. The number of hydrogen-bond donors (Lipinski definition) is 1. The van der Waals surface area contributed by atoms with Gasteiger partial charge in [0, 0.05) is 24.4 Å². The molecule has 1 saturated heterocycles. The summed E-state index contributed by atoms with van der Waals surface area (Å²) in [4.78, 5) is 22.4. The third-order valence-electron chi connectivity index (χ3n) is 3.69. The highest BCUT2D eigenvalue weighted by Crippen LogP contribution is 2.17. The first-order chi connectivity index (χ1) is 11.3. The highest BCUT2D eigenvalue weighted by molar-refractivity contribution is 7.91. The van der Waals surface area contributed by atoms with E-state index in [2.05, 4.69) is 10.4 Å². The number of carbonyl (C=O) groups is 1. The number of nitrogens with zero attached hydrogens (tertiary/aromatic N) is 3. The van der Waals surface area contributed by atoms with Gasteiger partial charge in [-0.1, -0.05) is 6.07 Å². The molecular weight excluding hydrogens is 336 g/mol. The monoisotopic (exact) mass is 350 g/mol. The molecule has 1 fully saturated rings. The second-order valence-electron chi connectivity index (χ2n) is 5.50. The number of nitro benzene ring substituents is 1. The topological polar surface area (TPSA) is 124 Å². The summed E-state index contributed by atoms with van der Waals surface area (Å²) >= 11 is 0. The average Bonchev–Trinajstić information content (AvgIpc) is 3.14. The van der Waals surface area contributed by atoms with E-state index in [1.807, 2.05) is 0 Å². The van der Waals surface area contributed by atoms with E-state index in [-0.39, 0.29) is 22.9 Å². The minimum Gasteiger partial charge on any atom is -0.347 e. The SMILES string of the molecule is O=C(NC1CCS(=O)(=O)C1)c1ccn(-c2cccc([N+](=O)[O-])c2)n1. The molecule has 0 bridgehead atoms. The molecule has 1 aromatic heterocycles. The zero-order chi connectivity index (χ0) is 17.3. The third-order valence-corrected chi connectivity index (χ3v) is 5.46. The van der Waals surface area contributed by atoms with Crippen LogP contribution in [0.1, 0.15) is 16.9 Å². The van der Waals surface area contributed by atoms with Crippen LogP contribution in [0.2, 0.25) is 0 Å². The van der Waals surface area contributed by atoms with Gasteiger partial charge in [0.2, 0.25) is 0 Å². The van der Waals surface area contributed by atoms with E-state index < -0.39 is 26.7 Å². The van der Waals surface area contributed by atoms with Crippen LogP contribution >= 0.6 is 0 Å². The summed E-state index contributed by atoms with van der Waals surface area (Å²) in [6.45, 7) is 0. The van der Waals surface area contributed by atoms with Crippen molar-refractivity contribution in [3.8, 4) is 5.69 Å². The Morgan fingerprint density at radius 2 is 2.17 bits per heavy atom. The lowest BCUT2D eigenvalue weighted by Crippen LogP contribution is -2.35. The van der Waals surface area contributed by atoms with Crippen LogP contribution < -0.4 is 5.32 Å². The summed E-state index contributed by atoms with van der Waals surface area (Å²) in [5.74, 6) is -0.467. The van der Waals surface area contributed by atoms with Crippen LogP contribution in [0.4, 0.5) is 5.69 Å². The fourth-order valence-corrected chi connectivity index (χ4v) is 4.18. The number of nitro groups is 1. The van der Waals surface area contributed by atoms with Crippen molar-refractivity contribution >= 4 is 21.4 Å². The number of carbonyl (C=O) groups excluding carboxylic acids is 1. The van der Waals surface area contributed by atoms with Gasteiger partial charge >= 0.3 is 0 Å². The zero-order valence-corrected chi connectivity index (χ0v) is 13.3. The maximum Gasteiger partial charge on any atom is 0.272 e. The smallest absolute Gasteiger partial charge is 0.272 e. The molecule has 3 rings (SSSR count). The standard InChI is InChI=1S/C14H14N4O5S/c19-14(15-10-5-7-24(22,23)9-10)13-4-6-17(16-13)11-2-1-3-12(8-11)18(20)21/h1-4,6,8,10H,5,7,9H2,(H,15,19). The minimum atomic E-state index is -3.08. The Hall–Kier alpha value is -2.75. The summed E-state index contributed by atoms with van der Waals surface area (Å²) < 4.78 is 24.2. The van der Waals surface area contributed by atoms with Crippen molar-refractivity contribution in [3.05, 3.63) is 52.3 Å². The molecule has 0 radical (unpaired) electrons. The molecule has 9 nitrogen and oxygen atoms in total. The van der Waals surface area contributed by atoms with Crippen molar-refractivity contribution in [2.45, 2.75) is 12.5 Å². The lowest BCUT2D eigenvalue weighted by Gasteiger charge is -2.08.